The lowest BCUT2D eigenvalue weighted by molar-refractivity contribution is 0.0658. The van der Waals surface area contributed by atoms with Gasteiger partial charge >= 0.3 is 6.55 Å². The highest BCUT2D eigenvalue weighted by atomic mass is 35.5. The zero-order valence-electron chi connectivity index (χ0n) is 20.5. The zero-order chi connectivity index (χ0) is 25.7. The smallest absolute Gasteiger partial charge is 0.321 e. The molecule has 1 aliphatic rings. The van der Waals surface area contributed by atoms with Gasteiger partial charge in [0.15, 0.2) is 11.6 Å². The number of benzene rings is 1. The molecule has 0 N–H and O–H groups in total. The van der Waals surface area contributed by atoms with Crippen molar-refractivity contribution in [2.24, 2.45) is 5.16 Å². The van der Waals surface area contributed by atoms with Crippen LogP contribution in [-0.2, 0) is 11.4 Å². The number of piperidine rings is 1. The number of nitrogens with zero attached hydrogens (tertiary/aromatic N) is 4. The lowest BCUT2D eigenvalue weighted by Crippen LogP contribution is -2.33. The Hall–Kier alpha value is -2.95. The molecule has 4 rings (SSSR count). The highest BCUT2D eigenvalue weighted by Crippen LogP contribution is 2.28. The second-order valence-electron chi connectivity index (χ2n) is 8.57. The first-order chi connectivity index (χ1) is 17.4. The fourth-order valence-corrected chi connectivity index (χ4v) is 4.28. The third kappa shape index (κ3) is 7.55. The molecular formula is C26H28Cl2F4N4O2. The summed E-state index contributed by atoms with van der Waals surface area (Å²) in [5.74, 6) is -1.82. The first kappa shape index (κ1) is 31.3. The summed E-state index contributed by atoms with van der Waals surface area (Å²) < 4.78 is 53.7. The Kier molecular flexibility index (Phi) is 11.7. The predicted octanol–water partition coefficient (Wildman–Crippen LogP) is 5.93. The molecule has 0 atom stereocenters. The van der Waals surface area contributed by atoms with Gasteiger partial charge in [-0.2, -0.15) is 8.78 Å². The minimum Gasteiger partial charge on any atom is -0.396 e. The van der Waals surface area contributed by atoms with Crippen LogP contribution in [0, 0.1) is 11.6 Å². The van der Waals surface area contributed by atoms with Crippen LogP contribution in [0.25, 0.3) is 0 Å². The van der Waals surface area contributed by atoms with Crippen molar-refractivity contribution >= 4 is 30.5 Å². The maximum absolute atomic E-state index is 13.8. The molecule has 0 spiro atoms. The largest absolute Gasteiger partial charge is 0.396 e. The molecular weight excluding hydrogens is 547 g/mol. The Labute approximate surface area is 230 Å². The second kappa shape index (κ2) is 14.3. The van der Waals surface area contributed by atoms with Crippen LogP contribution in [0.2, 0.25) is 0 Å². The van der Waals surface area contributed by atoms with E-state index in [4.69, 9.17) is 4.84 Å². The van der Waals surface area contributed by atoms with Crippen molar-refractivity contribution in [2.75, 3.05) is 19.7 Å². The molecule has 6 nitrogen and oxygen atoms in total. The van der Waals surface area contributed by atoms with E-state index in [1.807, 2.05) is 6.07 Å². The van der Waals surface area contributed by atoms with Crippen LogP contribution in [-0.4, -0.2) is 39.9 Å². The number of alkyl halides is 2. The van der Waals surface area contributed by atoms with Gasteiger partial charge in [-0.05, 0) is 74.2 Å². The van der Waals surface area contributed by atoms with Crippen LogP contribution in [0.1, 0.15) is 54.6 Å². The third-order valence-corrected chi connectivity index (χ3v) is 6.18. The Morgan fingerprint density at radius 1 is 1.08 bits per heavy atom. The summed E-state index contributed by atoms with van der Waals surface area (Å²) in [6.45, 7) is 1.42. The monoisotopic (exact) mass is 574 g/mol. The van der Waals surface area contributed by atoms with Crippen molar-refractivity contribution in [1.29, 1.82) is 0 Å². The number of aromatic nitrogens is 2. The van der Waals surface area contributed by atoms with E-state index in [9.17, 15) is 22.4 Å². The Balaban J connectivity index is 0.00000253. The van der Waals surface area contributed by atoms with Crippen LogP contribution >= 0.6 is 24.8 Å². The number of likely N-dealkylation sites (tertiary alicyclic amines) is 1. The molecule has 12 heteroatoms. The van der Waals surface area contributed by atoms with Crippen molar-refractivity contribution in [3.05, 3.63) is 99.2 Å². The number of rotatable bonds is 8. The van der Waals surface area contributed by atoms with Crippen molar-refractivity contribution < 1.29 is 22.4 Å². The van der Waals surface area contributed by atoms with Crippen molar-refractivity contribution in [3.8, 4) is 0 Å². The normalized spacial score (nSPS) is 14.6. The van der Waals surface area contributed by atoms with Gasteiger partial charge in [0.1, 0.15) is 12.3 Å². The zero-order valence-corrected chi connectivity index (χ0v) is 22.2. The summed E-state index contributed by atoms with van der Waals surface area (Å²) >= 11 is 0. The number of oxime groups is 1. The maximum atomic E-state index is 13.8. The molecule has 0 bridgehead atoms. The van der Waals surface area contributed by atoms with Gasteiger partial charge in [0.05, 0.1) is 5.69 Å². The summed E-state index contributed by atoms with van der Waals surface area (Å²) in [6.07, 6.45) is 4.55. The van der Waals surface area contributed by atoms with Gasteiger partial charge in [-0.15, -0.1) is 24.8 Å². The van der Waals surface area contributed by atoms with Crippen molar-refractivity contribution in [3.63, 3.8) is 0 Å². The average molecular weight is 575 g/mol. The molecule has 1 fully saturated rings. The van der Waals surface area contributed by atoms with Crippen LogP contribution in [0.15, 0.2) is 64.8 Å². The van der Waals surface area contributed by atoms with E-state index in [0.29, 0.717) is 34.7 Å². The molecule has 38 heavy (non-hydrogen) atoms. The third-order valence-electron chi connectivity index (χ3n) is 6.18. The molecule has 1 aliphatic heterocycles. The average Bonchev–Trinajstić information content (AvgIpc) is 2.88. The van der Waals surface area contributed by atoms with Gasteiger partial charge in [0, 0.05) is 30.6 Å². The van der Waals surface area contributed by atoms with E-state index in [2.05, 4.69) is 15.0 Å². The number of hydrogen-bond acceptors (Lipinski definition) is 5. The minimum atomic E-state index is -2.85. The highest BCUT2D eigenvalue weighted by Gasteiger charge is 2.22. The molecule has 0 unspecified atom stereocenters. The number of hydrogen-bond donors (Lipinski definition) is 0. The van der Waals surface area contributed by atoms with Crippen LogP contribution in [0.5, 0.6) is 0 Å². The molecule has 3 aromatic rings. The van der Waals surface area contributed by atoms with Crippen molar-refractivity contribution in [1.82, 2.24) is 14.5 Å². The van der Waals surface area contributed by atoms with E-state index >= 15 is 0 Å². The van der Waals surface area contributed by atoms with Gasteiger partial charge < -0.3 is 4.84 Å². The highest BCUT2D eigenvalue weighted by molar-refractivity contribution is 6.11. The molecule has 206 valence electrons. The molecule has 0 amide bonds. The maximum Gasteiger partial charge on any atom is 0.321 e. The first-order valence-electron chi connectivity index (χ1n) is 11.7. The van der Waals surface area contributed by atoms with E-state index in [1.54, 1.807) is 25.3 Å². The topological polar surface area (TPSA) is 59.7 Å². The lowest BCUT2D eigenvalue weighted by atomic mass is 9.90. The lowest BCUT2D eigenvalue weighted by Gasteiger charge is -2.32. The van der Waals surface area contributed by atoms with E-state index in [1.165, 1.54) is 18.3 Å². The van der Waals surface area contributed by atoms with Crippen LogP contribution in [0.3, 0.4) is 0 Å². The van der Waals surface area contributed by atoms with Gasteiger partial charge in [-0.1, -0.05) is 17.3 Å². The van der Waals surface area contributed by atoms with Crippen molar-refractivity contribution in [2.45, 2.75) is 38.8 Å². The van der Waals surface area contributed by atoms with E-state index in [0.717, 1.165) is 49.2 Å². The standard InChI is InChI=1S/C26H26F4N4O2.2ClH/c1-2-36-32-25(19-4-6-21(27)22(28)13-19)23-7-3-17(14-31-23)15-33-11-9-18(10-12-33)20-5-8-24(35)34(16-20)26(29)30;;/h3-8,13-14,16,18,26H,2,9-12,15H2,1H3;2*1H/b32-25+;;. The SMILES string of the molecule is CCO/N=C(\c1ccc(F)c(F)c1)c1ccc(CN2CCC(c3ccc(=O)n(C(F)F)c3)CC2)cn1.Cl.Cl. The minimum absolute atomic E-state index is 0. The molecule has 3 heterocycles. The fourth-order valence-electron chi connectivity index (χ4n) is 4.28. The van der Waals surface area contributed by atoms with Crippen LogP contribution < -0.4 is 5.56 Å². The molecule has 0 saturated carbocycles. The van der Waals surface area contributed by atoms with Gasteiger partial charge in [0.25, 0.3) is 5.56 Å². The first-order valence-corrected chi connectivity index (χ1v) is 11.7. The molecule has 2 aromatic heterocycles. The summed E-state index contributed by atoms with van der Waals surface area (Å²) in [5, 5.41) is 4.04. The van der Waals surface area contributed by atoms with Crippen LogP contribution in [0.4, 0.5) is 17.6 Å². The fraction of sp³-hybridized carbons (Fsp3) is 0.346. The quantitative estimate of drug-likeness (QED) is 0.190. The molecule has 0 radical (unpaired) electrons. The van der Waals surface area contributed by atoms with Gasteiger partial charge in [0.2, 0.25) is 0 Å². The second-order valence-corrected chi connectivity index (χ2v) is 8.57. The van der Waals surface area contributed by atoms with E-state index in [-0.39, 0.29) is 30.7 Å². The predicted molar refractivity (Wildman–Crippen MR) is 142 cm³/mol. The summed E-state index contributed by atoms with van der Waals surface area (Å²) in [7, 11) is 0. The summed E-state index contributed by atoms with van der Waals surface area (Å²) in [4.78, 5) is 23.5. The molecule has 0 aliphatic carbocycles. The summed E-state index contributed by atoms with van der Waals surface area (Å²) in [6, 6.07) is 10.0. The molecule has 1 aromatic carbocycles. The number of halogens is 6. The number of pyridine rings is 2. The summed E-state index contributed by atoms with van der Waals surface area (Å²) in [5.41, 5.74) is 2.12. The van der Waals surface area contributed by atoms with E-state index < -0.39 is 23.7 Å². The van der Waals surface area contributed by atoms with Gasteiger partial charge in [-0.25, -0.2) is 8.78 Å². The molecule has 1 saturated heterocycles. The Bertz CT molecular complexity index is 1280. The van der Waals surface area contributed by atoms with Gasteiger partial charge in [-0.3, -0.25) is 19.2 Å². The Morgan fingerprint density at radius 2 is 1.82 bits per heavy atom. The Morgan fingerprint density at radius 3 is 2.42 bits per heavy atom.